The van der Waals surface area contributed by atoms with Gasteiger partial charge in [-0.15, -0.1) is 0 Å². The molecule has 6 heteroatoms. The maximum Gasteiger partial charge on any atom is 0.357 e. The van der Waals surface area contributed by atoms with Gasteiger partial charge < -0.3 is 4.74 Å². The summed E-state index contributed by atoms with van der Waals surface area (Å²) in [4.78, 5) is 11.8. The number of aromatic nitrogens is 2. The summed E-state index contributed by atoms with van der Waals surface area (Å²) in [5.41, 5.74) is 1.10. The van der Waals surface area contributed by atoms with Gasteiger partial charge in [0.05, 0.1) is 18.5 Å². The molecule has 0 bridgehead atoms. The summed E-state index contributed by atoms with van der Waals surface area (Å²) in [5.74, 6) is -0.406. The number of hydrogen-bond donors (Lipinski definition) is 0. The van der Waals surface area contributed by atoms with Crippen molar-refractivity contribution in [2.24, 2.45) is 0 Å². The van der Waals surface area contributed by atoms with Gasteiger partial charge in [-0.25, -0.2) is 9.48 Å². The van der Waals surface area contributed by atoms with Gasteiger partial charge in [0.2, 0.25) is 0 Å². The molecule has 0 N–H and O–H groups in total. The fourth-order valence-electron chi connectivity index (χ4n) is 1.51. The number of hydrogen-bond acceptors (Lipinski definition) is 3. The first-order valence-electron chi connectivity index (χ1n) is 5.30. The molecule has 0 atom stereocenters. The Morgan fingerprint density at radius 3 is 2.94 bits per heavy atom. The van der Waals surface area contributed by atoms with Crippen molar-refractivity contribution in [1.29, 1.82) is 0 Å². The molecule has 2 aromatic rings. The van der Waals surface area contributed by atoms with Crippen molar-refractivity contribution in [2.45, 2.75) is 6.92 Å². The second-order valence-electron chi connectivity index (χ2n) is 3.44. The maximum absolute atomic E-state index is 11.8. The zero-order chi connectivity index (χ0) is 13.1. The van der Waals surface area contributed by atoms with Gasteiger partial charge in [-0.2, -0.15) is 5.10 Å². The lowest BCUT2D eigenvalue weighted by molar-refractivity contribution is 0.0515. The lowest BCUT2D eigenvalue weighted by Gasteiger charge is -2.08. The van der Waals surface area contributed by atoms with E-state index in [9.17, 15) is 4.79 Å². The molecule has 0 unspecified atom stereocenters. The van der Waals surface area contributed by atoms with Crippen molar-refractivity contribution < 1.29 is 9.53 Å². The molecule has 0 saturated carbocycles. The molecule has 94 valence electrons. The van der Waals surface area contributed by atoms with Gasteiger partial charge in [-0.05, 0) is 47.1 Å². The fourth-order valence-corrected chi connectivity index (χ4v) is 2.36. The van der Waals surface area contributed by atoms with Crippen LogP contribution in [0.5, 0.6) is 0 Å². The Kier molecular flexibility index (Phi) is 4.04. The predicted octanol–water partition coefficient (Wildman–Crippen LogP) is 3.46. The third-order valence-electron chi connectivity index (χ3n) is 2.27. The van der Waals surface area contributed by atoms with E-state index in [0.29, 0.717) is 17.3 Å². The summed E-state index contributed by atoms with van der Waals surface area (Å²) < 4.78 is 7.24. The van der Waals surface area contributed by atoms with Crippen LogP contribution in [0.15, 0.2) is 34.9 Å². The largest absolute Gasteiger partial charge is 0.461 e. The molecule has 0 spiro atoms. The van der Waals surface area contributed by atoms with Crippen LogP contribution in [0.1, 0.15) is 17.4 Å². The molecule has 0 aliphatic rings. The summed E-state index contributed by atoms with van der Waals surface area (Å²) >= 11 is 9.27. The van der Waals surface area contributed by atoms with E-state index in [-0.39, 0.29) is 0 Å². The molecule has 0 aliphatic carbocycles. The van der Waals surface area contributed by atoms with E-state index >= 15 is 0 Å². The monoisotopic (exact) mass is 328 g/mol. The van der Waals surface area contributed by atoms with Gasteiger partial charge in [0, 0.05) is 9.50 Å². The van der Waals surface area contributed by atoms with Crippen LogP contribution in [-0.4, -0.2) is 22.4 Å². The topological polar surface area (TPSA) is 44.1 Å². The second kappa shape index (κ2) is 5.54. The first-order chi connectivity index (χ1) is 8.63. The summed E-state index contributed by atoms with van der Waals surface area (Å²) in [7, 11) is 0. The number of carbonyl (C=O) groups is 1. The Hall–Kier alpha value is -1.33. The van der Waals surface area contributed by atoms with Crippen LogP contribution in [0.2, 0.25) is 5.02 Å². The number of rotatable bonds is 3. The number of nitrogens with zero attached hydrogens (tertiary/aromatic N) is 2. The van der Waals surface area contributed by atoms with Crippen molar-refractivity contribution in [2.75, 3.05) is 6.61 Å². The van der Waals surface area contributed by atoms with Gasteiger partial charge in [0.15, 0.2) is 5.69 Å². The highest BCUT2D eigenvalue weighted by atomic mass is 79.9. The van der Waals surface area contributed by atoms with E-state index in [0.717, 1.165) is 10.2 Å². The van der Waals surface area contributed by atoms with E-state index in [2.05, 4.69) is 21.0 Å². The summed E-state index contributed by atoms with van der Waals surface area (Å²) in [6.45, 7) is 2.09. The van der Waals surface area contributed by atoms with Gasteiger partial charge in [-0.1, -0.05) is 11.6 Å². The van der Waals surface area contributed by atoms with Crippen LogP contribution in [-0.2, 0) is 4.74 Å². The van der Waals surface area contributed by atoms with Crippen LogP contribution in [0, 0.1) is 0 Å². The Morgan fingerprint density at radius 2 is 2.28 bits per heavy atom. The summed E-state index contributed by atoms with van der Waals surface area (Å²) in [5, 5.41) is 4.73. The highest BCUT2D eigenvalue weighted by Crippen LogP contribution is 2.25. The molecular formula is C12H10BrClN2O2. The van der Waals surface area contributed by atoms with Crippen LogP contribution in [0.4, 0.5) is 0 Å². The number of ether oxygens (including phenoxy) is 1. The van der Waals surface area contributed by atoms with Crippen molar-refractivity contribution in [1.82, 2.24) is 9.78 Å². The molecule has 0 aliphatic heterocycles. The van der Waals surface area contributed by atoms with E-state index in [1.807, 2.05) is 0 Å². The second-order valence-corrected chi connectivity index (χ2v) is 4.74. The molecule has 18 heavy (non-hydrogen) atoms. The molecule has 1 aromatic heterocycles. The lowest BCUT2D eigenvalue weighted by atomic mass is 10.3. The third-order valence-corrected chi connectivity index (χ3v) is 3.14. The zero-order valence-corrected chi connectivity index (χ0v) is 11.9. The molecule has 1 heterocycles. The SMILES string of the molecule is CCOC(=O)c1ccnn1-c1ccc(Cl)cc1Br. The van der Waals surface area contributed by atoms with Crippen molar-refractivity contribution in [3.05, 3.63) is 45.7 Å². The van der Waals surface area contributed by atoms with Gasteiger partial charge in [0.25, 0.3) is 0 Å². The third kappa shape index (κ3) is 2.57. The Labute approximate surface area is 118 Å². The average molecular weight is 330 g/mol. The van der Waals surface area contributed by atoms with E-state index in [1.54, 1.807) is 37.4 Å². The normalized spacial score (nSPS) is 10.4. The average Bonchev–Trinajstić information content (AvgIpc) is 2.78. The minimum atomic E-state index is -0.406. The van der Waals surface area contributed by atoms with Crippen LogP contribution in [0.3, 0.4) is 0 Å². The Morgan fingerprint density at radius 1 is 1.50 bits per heavy atom. The standard InChI is InChI=1S/C12H10BrClN2O2/c1-2-18-12(17)11-5-6-15-16(11)10-4-3-8(14)7-9(10)13/h3-7H,2H2,1H3. The first kappa shape index (κ1) is 13.1. The number of carbonyl (C=O) groups excluding carboxylic acids is 1. The lowest BCUT2D eigenvalue weighted by Crippen LogP contribution is -2.12. The highest BCUT2D eigenvalue weighted by molar-refractivity contribution is 9.10. The van der Waals surface area contributed by atoms with Crippen LogP contribution in [0.25, 0.3) is 5.69 Å². The van der Waals surface area contributed by atoms with Crippen molar-refractivity contribution >= 4 is 33.5 Å². The van der Waals surface area contributed by atoms with Crippen LogP contribution < -0.4 is 0 Å². The molecule has 0 fully saturated rings. The maximum atomic E-state index is 11.8. The molecule has 0 saturated heterocycles. The van der Waals surface area contributed by atoms with E-state index < -0.39 is 5.97 Å². The van der Waals surface area contributed by atoms with E-state index in [1.165, 1.54) is 4.68 Å². The molecule has 0 amide bonds. The van der Waals surface area contributed by atoms with E-state index in [4.69, 9.17) is 16.3 Å². The smallest absolute Gasteiger partial charge is 0.357 e. The minimum absolute atomic E-state index is 0.325. The first-order valence-corrected chi connectivity index (χ1v) is 6.47. The molecule has 1 aromatic carbocycles. The Bertz CT molecular complexity index is 583. The number of benzene rings is 1. The Balaban J connectivity index is 2.45. The molecule has 0 radical (unpaired) electrons. The minimum Gasteiger partial charge on any atom is -0.461 e. The van der Waals surface area contributed by atoms with Crippen molar-refractivity contribution in [3.8, 4) is 5.69 Å². The van der Waals surface area contributed by atoms with Crippen LogP contribution >= 0.6 is 27.5 Å². The fraction of sp³-hybridized carbons (Fsp3) is 0.167. The summed E-state index contributed by atoms with van der Waals surface area (Å²) in [6, 6.07) is 6.87. The van der Waals surface area contributed by atoms with Gasteiger partial charge in [0.1, 0.15) is 0 Å². The molecular weight excluding hydrogens is 320 g/mol. The van der Waals surface area contributed by atoms with Gasteiger partial charge >= 0.3 is 5.97 Å². The predicted molar refractivity (Wildman–Crippen MR) is 72.2 cm³/mol. The molecule has 4 nitrogen and oxygen atoms in total. The molecule has 2 rings (SSSR count). The summed E-state index contributed by atoms with van der Waals surface area (Å²) in [6.07, 6.45) is 1.55. The van der Waals surface area contributed by atoms with Gasteiger partial charge in [-0.3, -0.25) is 0 Å². The zero-order valence-electron chi connectivity index (χ0n) is 9.56. The highest BCUT2D eigenvalue weighted by Gasteiger charge is 2.15. The quantitative estimate of drug-likeness (QED) is 0.810. The van der Waals surface area contributed by atoms with Crippen molar-refractivity contribution in [3.63, 3.8) is 0 Å². The number of halogens is 2. The number of esters is 1.